The lowest BCUT2D eigenvalue weighted by Gasteiger charge is -2.12. The molecule has 0 aromatic heterocycles. The molecule has 28 heavy (non-hydrogen) atoms. The minimum atomic E-state index is -0.478. The molecule has 0 aliphatic heterocycles. The monoisotopic (exact) mass is 514 g/mol. The number of hydrogen-bond acceptors (Lipinski definition) is 5. The Hall–Kier alpha value is -2.10. The van der Waals surface area contributed by atoms with Crippen molar-refractivity contribution in [2.75, 3.05) is 26.9 Å². The van der Waals surface area contributed by atoms with Crippen LogP contribution in [0.3, 0.4) is 0 Å². The van der Waals surface area contributed by atoms with Crippen molar-refractivity contribution >= 4 is 43.7 Å². The summed E-state index contributed by atoms with van der Waals surface area (Å²) in [6, 6.07) is 10.3. The van der Waals surface area contributed by atoms with Gasteiger partial charge in [-0.15, -0.1) is 0 Å². The summed E-state index contributed by atoms with van der Waals surface area (Å²) in [5, 5.41) is 0. The van der Waals surface area contributed by atoms with Gasteiger partial charge in [-0.1, -0.05) is 15.9 Å². The van der Waals surface area contributed by atoms with Gasteiger partial charge in [0, 0.05) is 17.1 Å². The third kappa shape index (κ3) is 6.81. The van der Waals surface area contributed by atoms with Crippen LogP contribution in [0.15, 0.2) is 45.3 Å². The second kappa shape index (κ2) is 11.0. The van der Waals surface area contributed by atoms with Crippen LogP contribution in [0.2, 0.25) is 0 Å². The molecule has 2 rings (SSSR count). The van der Waals surface area contributed by atoms with E-state index in [0.717, 1.165) is 10.0 Å². The van der Waals surface area contributed by atoms with Crippen LogP contribution in [0, 0.1) is 6.92 Å². The van der Waals surface area contributed by atoms with E-state index in [1.165, 1.54) is 0 Å². The number of amides is 2. The van der Waals surface area contributed by atoms with Crippen LogP contribution in [0.4, 0.5) is 0 Å². The molecule has 2 aromatic carbocycles. The van der Waals surface area contributed by atoms with Gasteiger partial charge < -0.3 is 14.2 Å². The van der Waals surface area contributed by atoms with Gasteiger partial charge in [0.05, 0.1) is 11.1 Å². The van der Waals surface area contributed by atoms with E-state index in [0.29, 0.717) is 34.7 Å². The molecule has 0 aliphatic carbocycles. The van der Waals surface area contributed by atoms with Crippen LogP contribution >= 0.6 is 31.9 Å². The van der Waals surface area contributed by atoms with Gasteiger partial charge in [-0.2, -0.15) is 0 Å². The molecule has 0 spiro atoms. The van der Waals surface area contributed by atoms with Gasteiger partial charge in [0.25, 0.3) is 11.8 Å². The highest BCUT2D eigenvalue weighted by molar-refractivity contribution is 9.10. The fourth-order valence-corrected chi connectivity index (χ4v) is 3.12. The molecule has 0 aliphatic rings. The van der Waals surface area contributed by atoms with E-state index in [4.69, 9.17) is 14.2 Å². The summed E-state index contributed by atoms with van der Waals surface area (Å²) in [4.78, 5) is 24.1. The first-order valence-electron chi connectivity index (χ1n) is 8.30. The first-order chi connectivity index (χ1) is 13.4. The highest BCUT2D eigenvalue weighted by Crippen LogP contribution is 2.26. The Morgan fingerprint density at radius 2 is 1.71 bits per heavy atom. The summed E-state index contributed by atoms with van der Waals surface area (Å²) in [5.74, 6) is 0.250. The van der Waals surface area contributed by atoms with Crippen LogP contribution < -0.4 is 20.3 Å². The number of nitrogens with one attached hydrogen (secondary N) is 2. The Kier molecular flexibility index (Phi) is 8.75. The number of hydrogen-bond donors (Lipinski definition) is 2. The Morgan fingerprint density at radius 1 is 0.964 bits per heavy atom. The van der Waals surface area contributed by atoms with Crippen LogP contribution in [-0.4, -0.2) is 38.7 Å². The molecule has 2 amide bonds. The molecule has 0 radical (unpaired) electrons. The Morgan fingerprint density at radius 3 is 2.39 bits per heavy atom. The Labute approximate surface area is 180 Å². The molecule has 0 saturated heterocycles. The lowest BCUT2D eigenvalue weighted by Crippen LogP contribution is -2.43. The molecule has 2 N–H and O–H groups in total. The summed E-state index contributed by atoms with van der Waals surface area (Å²) in [5.41, 5.74) is 5.92. The SMILES string of the molecule is COCCOc1ccc(C(=O)NNC(=O)COc2ccc(Br)cc2C)cc1Br. The van der Waals surface area contributed by atoms with Crippen molar-refractivity contribution in [2.24, 2.45) is 0 Å². The molecule has 0 atom stereocenters. The zero-order chi connectivity index (χ0) is 20.5. The van der Waals surface area contributed by atoms with Gasteiger partial charge in [0.2, 0.25) is 0 Å². The summed E-state index contributed by atoms with van der Waals surface area (Å²) in [7, 11) is 1.59. The van der Waals surface area contributed by atoms with Crippen molar-refractivity contribution in [3.63, 3.8) is 0 Å². The first kappa shape index (κ1) is 22.2. The third-order valence-corrected chi connectivity index (χ3v) is 4.66. The quantitative estimate of drug-likeness (QED) is 0.416. The molecule has 9 heteroatoms. The Balaban J connectivity index is 1.82. The minimum absolute atomic E-state index is 0.223. The van der Waals surface area contributed by atoms with Crippen LogP contribution in [0.25, 0.3) is 0 Å². The topological polar surface area (TPSA) is 85.9 Å². The number of benzene rings is 2. The zero-order valence-corrected chi connectivity index (χ0v) is 18.6. The molecular formula is C19H20Br2N2O5. The highest BCUT2D eigenvalue weighted by atomic mass is 79.9. The summed E-state index contributed by atoms with van der Waals surface area (Å²) >= 11 is 6.72. The number of halogens is 2. The third-order valence-electron chi connectivity index (χ3n) is 3.55. The van der Waals surface area contributed by atoms with Gasteiger partial charge in [0.1, 0.15) is 18.1 Å². The molecular weight excluding hydrogens is 496 g/mol. The fourth-order valence-electron chi connectivity index (χ4n) is 2.15. The van der Waals surface area contributed by atoms with Gasteiger partial charge in [0.15, 0.2) is 6.61 Å². The van der Waals surface area contributed by atoms with Gasteiger partial charge in [-0.3, -0.25) is 20.4 Å². The van der Waals surface area contributed by atoms with Crippen LogP contribution in [0.5, 0.6) is 11.5 Å². The number of ether oxygens (including phenoxy) is 3. The second-order valence-electron chi connectivity index (χ2n) is 5.69. The van der Waals surface area contributed by atoms with E-state index in [1.807, 2.05) is 19.1 Å². The lowest BCUT2D eigenvalue weighted by atomic mass is 10.2. The maximum absolute atomic E-state index is 12.2. The maximum atomic E-state index is 12.2. The molecule has 0 saturated carbocycles. The van der Waals surface area contributed by atoms with E-state index in [2.05, 4.69) is 42.7 Å². The fraction of sp³-hybridized carbons (Fsp3) is 0.263. The van der Waals surface area contributed by atoms with Crippen molar-refractivity contribution in [1.29, 1.82) is 0 Å². The number of hydrazine groups is 1. The predicted molar refractivity (Wildman–Crippen MR) is 111 cm³/mol. The van der Waals surface area contributed by atoms with Crippen molar-refractivity contribution < 1.29 is 23.8 Å². The molecule has 0 bridgehead atoms. The van der Waals surface area contributed by atoms with Crippen LogP contribution in [-0.2, 0) is 9.53 Å². The van der Waals surface area contributed by atoms with Crippen molar-refractivity contribution in [3.05, 3.63) is 56.5 Å². The molecule has 0 unspecified atom stereocenters. The molecule has 150 valence electrons. The highest BCUT2D eigenvalue weighted by Gasteiger charge is 2.11. The van der Waals surface area contributed by atoms with Gasteiger partial charge in [-0.05, 0) is 64.8 Å². The Bertz CT molecular complexity index is 845. The van der Waals surface area contributed by atoms with E-state index < -0.39 is 11.8 Å². The maximum Gasteiger partial charge on any atom is 0.276 e. The smallest absolute Gasteiger partial charge is 0.276 e. The summed E-state index contributed by atoms with van der Waals surface area (Å²) < 4.78 is 17.4. The number of carbonyl (C=O) groups excluding carboxylic acids is 2. The van der Waals surface area contributed by atoms with Gasteiger partial charge >= 0.3 is 0 Å². The summed E-state index contributed by atoms with van der Waals surface area (Å²) in [6.45, 7) is 2.51. The number of rotatable bonds is 8. The molecule has 7 nitrogen and oxygen atoms in total. The predicted octanol–water partition coefficient (Wildman–Crippen LogP) is 3.39. The zero-order valence-electron chi connectivity index (χ0n) is 15.4. The standard InChI is InChI=1S/C19H20Br2N2O5/c1-12-9-14(20)4-6-16(12)28-11-18(24)22-23-19(25)13-3-5-17(15(21)10-13)27-8-7-26-2/h3-6,9-10H,7-8,11H2,1-2H3,(H,22,24)(H,23,25). The molecule has 0 fully saturated rings. The van der Waals surface area contributed by atoms with Crippen LogP contribution in [0.1, 0.15) is 15.9 Å². The number of methoxy groups -OCH3 is 1. The largest absolute Gasteiger partial charge is 0.490 e. The molecule has 2 aromatic rings. The lowest BCUT2D eigenvalue weighted by molar-refractivity contribution is -0.123. The number of aryl methyl sites for hydroxylation is 1. The normalized spacial score (nSPS) is 10.3. The van der Waals surface area contributed by atoms with Crippen molar-refractivity contribution in [2.45, 2.75) is 6.92 Å². The van der Waals surface area contributed by atoms with Crippen molar-refractivity contribution in [3.8, 4) is 11.5 Å². The number of carbonyl (C=O) groups is 2. The van der Waals surface area contributed by atoms with Crippen molar-refractivity contribution in [1.82, 2.24) is 10.9 Å². The second-order valence-corrected chi connectivity index (χ2v) is 7.46. The van der Waals surface area contributed by atoms with Gasteiger partial charge in [-0.25, -0.2) is 0 Å². The first-order valence-corrected chi connectivity index (χ1v) is 9.88. The van der Waals surface area contributed by atoms with E-state index >= 15 is 0 Å². The average Bonchev–Trinajstić information content (AvgIpc) is 2.66. The van der Waals surface area contributed by atoms with E-state index in [1.54, 1.807) is 31.4 Å². The van der Waals surface area contributed by atoms with E-state index in [-0.39, 0.29) is 6.61 Å². The van der Waals surface area contributed by atoms with E-state index in [9.17, 15) is 9.59 Å². The summed E-state index contributed by atoms with van der Waals surface area (Å²) in [6.07, 6.45) is 0. The molecule has 0 heterocycles. The average molecular weight is 516 g/mol. The minimum Gasteiger partial charge on any atom is -0.490 e.